The summed E-state index contributed by atoms with van der Waals surface area (Å²) in [7, 11) is 3.27. The number of nitrogens with one attached hydrogen (secondary N) is 2. The maximum atomic E-state index is 11.5. The molecule has 88 valence electrons. The minimum Gasteiger partial charge on any atom is -0.359 e. The van der Waals surface area contributed by atoms with Gasteiger partial charge in [-0.25, -0.2) is 4.79 Å². The van der Waals surface area contributed by atoms with Crippen LogP contribution in [0.3, 0.4) is 0 Å². The summed E-state index contributed by atoms with van der Waals surface area (Å²) >= 11 is 0. The second kappa shape index (κ2) is 6.27. The summed E-state index contributed by atoms with van der Waals surface area (Å²) in [4.78, 5) is 24.2. The fourth-order valence-corrected chi connectivity index (χ4v) is 1.18. The minimum absolute atomic E-state index is 0.0563. The Morgan fingerprint density at radius 1 is 1.27 bits per heavy atom. The molecule has 0 aliphatic rings. The van der Waals surface area contributed by atoms with Crippen molar-refractivity contribution < 1.29 is 9.59 Å². The molecule has 5 nitrogen and oxygen atoms in total. The molecule has 0 aromatic heterocycles. The molecular weight excluding hydrogens is 194 g/mol. The zero-order chi connectivity index (χ0) is 12.0. The van der Waals surface area contributed by atoms with Gasteiger partial charge in [-0.1, -0.05) is 6.92 Å². The zero-order valence-corrected chi connectivity index (χ0v) is 10.1. The molecule has 1 atom stereocenters. The number of rotatable bonds is 4. The highest BCUT2D eigenvalue weighted by Crippen LogP contribution is 1.98. The summed E-state index contributed by atoms with van der Waals surface area (Å²) in [6, 6.07) is -0.0454. The van der Waals surface area contributed by atoms with Crippen LogP contribution in [-0.4, -0.2) is 43.5 Å². The summed E-state index contributed by atoms with van der Waals surface area (Å²) in [6.45, 7) is 6.00. The average molecular weight is 215 g/mol. The first kappa shape index (κ1) is 13.7. The molecule has 5 heteroatoms. The standard InChI is InChI=1S/C10H21N3O2/c1-7(2)12-10(15)13(5)6-8(3)9(14)11-4/h7-8H,6H2,1-5H3,(H,11,14)(H,12,15). The number of carbonyl (C=O) groups is 2. The van der Waals surface area contributed by atoms with E-state index in [2.05, 4.69) is 10.6 Å². The molecule has 0 bridgehead atoms. The second-order valence-electron chi connectivity index (χ2n) is 4.00. The van der Waals surface area contributed by atoms with E-state index in [1.807, 2.05) is 13.8 Å². The van der Waals surface area contributed by atoms with Crippen LogP contribution in [-0.2, 0) is 4.79 Å². The van der Waals surface area contributed by atoms with E-state index in [9.17, 15) is 9.59 Å². The largest absolute Gasteiger partial charge is 0.359 e. The second-order valence-corrected chi connectivity index (χ2v) is 4.00. The summed E-state index contributed by atoms with van der Waals surface area (Å²) in [6.07, 6.45) is 0. The van der Waals surface area contributed by atoms with Gasteiger partial charge in [0.1, 0.15) is 0 Å². The molecule has 0 aromatic rings. The van der Waals surface area contributed by atoms with Gasteiger partial charge >= 0.3 is 6.03 Å². The maximum Gasteiger partial charge on any atom is 0.317 e. The van der Waals surface area contributed by atoms with Crippen LogP contribution in [0.5, 0.6) is 0 Å². The van der Waals surface area contributed by atoms with Crippen molar-refractivity contribution in [1.82, 2.24) is 15.5 Å². The van der Waals surface area contributed by atoms with E-state index in [1.54, 1.807) is 21.0 Å². The first-order valence-corrected chi connectivity index (χ1v) is 5.11. The molecule has 0 aliphatic heterocycles. The quantitative estimate of drug-likeness (QED) is 0.714. The number of nitrogens with zero attached hydrogens (tertiary/aromatic N) is 1. The van der Waals surface area contributed by atoms with Crippen LogP contribution >= 0.6 is 0 Å². The summed E-state index contributed by atoms with van der Waals surface area (Å²) in [5.41, 5.74) is 0. The Hall–Kier alpha value is -1.26. The normalized spacial score (nSPS) is 12.1. The van der Waals surface area contributed by atoms with E-state index in [-0.39, 0.29) is 23.9 Å². The van der Waals surface area contributed by atoms with Gasteiger partial charge in [-0.15, -0.1) is 0 Å². The number of urea groups is 1. The number of carbonyl (C=O) groups excluding carboxylic acids is 2. The fourth-order valence-electron chi connectivity index (χ4n) is 1.18. The highest BCUT2D eigenvalue weighted by molar-refractivity contribution is 5.79. The number of hydrogen-bond acceptors (Lipinski definition) is 2. The topological polar surface area (TPSA) is 61.4 Å². The van der Waals surface area contributed by atoms with Crippen molar-refractivity contribution >= 4 is 11.9 Å². The lowest BCUT2D eigenvalue weighted by atomic mass is 10.1. The molecule has 0 spiro atoms. The fraction of sp³-hybridized carbons (Fsp3) is 0.800. The van der Waals surface area contributed by atoms with Crippen molar-refractivity contribution in [1.29, 1.82) is 0 Å². The van der Waals surface area contributed by atoms with Gasteiger partial charge in [0.15, 0.2) is 0 Å². The Kier molecular flexibility index (Phi) is 5.74. The highest BCUT2D eigenvalue weighted by atomic mass is 16.2. The van der Waals surface area contributed by atoms with Crippen molar-refractivity contribution in [2.75, 3.05) is 20.6 Å². The van der Waals surface area contributed by atoms with Crippen molar-refractivity contribution in [2.45, 2.75) is 26.8 Å². The van der Waals surface area contributed by atoms with Crippen LogP contribution in [0, 0.1) is 5.92 Å². The van der Waals surface area contributed by atoms with Gasteiger partial charge in [-0.05, 0) is 13.8 Å². The van der Waals surface area contributed by atoms with Crippen LogP contribution in [0.25, 0.3) is 0 Å². The van der Waals surface area contributed by atoms with Crippen LogP contribution in [0.2, 0.25) is 0 Å². The molecule has 0 saturated carbocycles. The van der Waals surface area contributed by atoms with Gasteiger partial charge in [0, 0.05) is 26.7 Å². The van der Waals surface area contributed by atoms with Crippen LogP contribution in [0.4, 0.5) is 4.79 Å². The van der Waals surface area contributed by atoms with E-state index in [1.165, 1.54) is 4.90 Å². The summed E-state index contributed by atoms with van der Waals surface area (Å²) in [5, 5.41) is 5.31. The molecular formula is C10H21N3O2. The van der Waals surface area contributed by atoms with Gasteiger partial charge in [-0.3, -0.25) is 4.79 Å². The van der Waals surface area contributed by atoms with Gasteiger partial charge in [-0.2, -0.15) is 0 Å². The molecule has 0 aliphatic carbocycles. The van der Waals surface area contributed by atoms with E-state index >= 15 is 0 Å². The third-order valence-corrected chi connectivity index (χ3v) is 2.00. The molecule has 0 rings (SSSR count). The van der Waals surface area contributed by atoms with Crippen molar-refractivity contribution in [3.63, 3.8) is 0 Å². The van der Waals surface area contributed by atoms with E-state index < -0.39 is 0 Å². The lowest BCUT2D eigenvalue weighted by Crippen LogP contribution is -2.44. The molecule has 15 heavy (non-hydrogen) atoms. The van der Waals surface area contributed by atoms with Crippen LogP contribution in [0.1, 0.15) is 20.8 Å². The smallest absolute Gasteiger partial charge is 0.317 e. The van der Waals surface area contributed by atoms with Crippen LogP contribution in [0.15, 0.2) is 0 Å². The van der Waals surface area contributed by atoms with Crippen molar-refractivity contribution in [3.8, 4) is 0 Å². The highest BCUT2D eigenvalue weighted by Gasteiger charge is 2.17. The molecule has 3 amide bonds. The molecule has 0 heterocycles. The monoisotopic (exact) mass is 215 g/mol. The first-order valence-electron chi connectivity index (χ1n) is 5.11. The summed E-state index contributed by atoms with van der Waals surface area (Å²) in [5.74, 6) is -0.253. The van der Waals surface area contributed by atoms with E-state index in [0.29, 0.717) is 6.54 Å². The first-order chi connectivity index (χ1) is 6.88. The van der Waals surface area contributed by atoms with Gasteiger partial charge in [0.2, 0.25) is 5.91 Å². The Labute approximate surface area is 91.2 Å². The molecule has 0 aromatic carbocycles. The molecule has 0 radical (unpaired) electrons. The van der Waals surface area contributed by atoms with Crippen molar-refractivity contribution in [3.05, 3.63) is 0 Å². The Morgan fingerprint density at radius 3 is 2.20 bits per heavy atom. The Morgan fingerprint density at radius 2 is 1.80 bits per heavy atom. The predicted molar refractivity (Wildman–Crippen MR) is 59.5 cm³/mol. The van der Waals surface area contributed by atoms with Crippen LogP contribution < -0.4 is 10.6 Å². The van der Waals surface area contributed by atoms with Gasteiger partial charge < -0.3 is 15.5 Å². The number of amides is 3. The molecule has 1 unspecified atom stereocenters. The Balaban J connectivity index is 4.06. The molecule has 0 fully saturated rings. The van der Waals surface area contributed by atoms with Crippen molar-refractivity contribution in [2.24, 2.45) is 5.92 Å². The predicted octanol–water partition coefficient (Wildman–Crippen LogP) is 0.418. The third kappa shape index (κ3) is 5.24. The Bertz CT molecular complexity index is 229. The molecule has 0 saturated heterocycles. The van der Waals surface area contributed by atoms with Gasteiger partial charge in [0.05, 0.1) is 5.92 Å². The maximum absolute atomic E-state index is 11.5. The average Bonchev–Trinajstić information content (AvgIpc) is 2.15. The lowest BCUT2D eigenvalue weighted by Gasteiger charge is -2.22. The lowest BCUT2D eigenvalue weighted by molar-refractivity contribution is -0.124. The zero-order valence-electron chi connectivity index (χ0n) is 10.1. The van der Waals surface area contributed by atoms with E-state index in [4.69, 9.17) is 0 Å². The number of hydrogen-bond donors (Lipinski definition) is 2. The van der Waals surface area contributed by atoms with E-state index in [0.717, 1.165) is 0 Å². The minimum atomic E-state index is -0.196. The SMILES string of the molecule is CNC(=O)C(C)CN(C)C(=O)NC(C)C. The third-order valence-electron chi connectivity index (χ3n) is 2.00. The summed E-state index contributed by atoms with van der Waals surface area (Å²) < 4.78 is 0. The van der Waals surface area contributed by atoms with Gasteiger partial charge in [0.25, 0.3) is 0 Å². The molecule has 2 N–H and O–H groups in total.